The highest BCUT2D eigenvalue weighted by Gasteiger charge is 2.28. The van der Waals surface area contributed by atoms with Crippen LogP contribution in [0.25, 0.3) is 0 Å². The average molecular weight is 247 g/mol. The zero-order chi connectivity index (χ0) is 12.2. The predicted molar refractivity (Wildman–Crippen MR) is 66.0 cm³/mol. The summed E-state index contributed by atoms with van der Waals surface area (Å²) in [7, 11) is 0. The second kappa shape index (κ2) is 5.89. The lowest BCUT2D eigenvalue weighted by atomic mass is 10.0. The molecule has 1 N–H and O–H groups in total. The van der Waals surface area contributed by atoms with Crippen molar-refractivity contribution in [3.8, 4) is 0 Å². The van der Waals surface area contributed by atoms with Gasteiger partial charge in [-0.05, 0) is 20.8 Å². The lowest BCUT2D eigenvalue weighted by molar-refractivity contribution is -0.133. The zero-order valence-electron chi connectivity index (χ0n) is 10.2. The summed E-state index contributed by atoms with van der Waals surface area (Å²) in [6.45, 7) is 9.19. The number of carboxylic acids is 1. The molecule has 0 amide bonds. The van der Waals surface area contributed by atoms with Crippen LogP contribution >= 0.6 is 11.8 Å². The van der Waals surface area contributed by atoms with Crippen molar-refractivity contribution in [3.05, 3.63) is 0 Å². The molecule has 4 nitrogen and oxygen atoms in total. The number of aliphatic carboxylic acids is 1. The Morgan fingerprint density at radius 1 is 1.56 bits per heavy atom. The van der Waals surface area contributed by atoms with E-state index < -0.39 is 5.97 Å². The van der Waals surface area contributed by atoms with Crippen LogP contribution in [0.15, 0.2) is 0 Å². The van der Waals surface area contributed by atoms with Crippen LogP contribution in [-0.2, 0) is 9.53 Å². The standard InChI is InChI=1S/C11H21NO3S/c1-11(2,3)12-4-5-15-9(6-12)7-16-8-10(13)14/h9H,4-8H2,1-3H3,(H,13,14). The van der Waals surface area contributed by atoms with Gasteiger partial charge in [-0.25, -0.2) is 0 Å². The van der Waals surface area contributed by atoms with E-state index in [0.717, 1.165) is 25.4 Å². The van der Waals surface area contributed by atoms with Crippen LogP contribution in [-0.4, -0.2) is 58.8 Å². The lowest BCUT2D eigenvalue weighted by Gasteiger charge is -2.41. The number of thioether (sulfide) groups is 1. The Balaban J connectivity index is 2.31. The van der Waals surface area contributed by atoms with E-state index in [0.29, 0.717) is 0 Å². The third kappa shape index (κ3) is 4.72. The van der Waals surface area contributed by atoms with E-state index in [1.54, 1.807) is 0 Å². The Hall–Kier alpha value is -0.260. The van der Waals surface area contributed by atoms with Crippen molar-refractivity contribution in [2.75, 3.05) is 31.2 Å². The maximum absolute atomic E-state index is 10.4. The minimum atomic E-state index is -0.756. The molecule has 0 aromatic rings. The van der Waals surface area contributed by atoms with E-state index in [4.69, 9.17) is 9.84 Å². The van der Waals surface area contributed by atoms with Gasteiger partial charge in [-0.15, -0.1) is 11.8 Å². The van der Waals surface area contributed by atoms with Gasteiger partial charge in [0, 0.05) is 24.4 Å². The van der Waals surface area contributed by atoms with Crippen LogP contribution in [0.2, 0.25) is 0 Å². The van der Waals surface area contributed by atoms with E-state index >= 15 is 0 Å². The van der Waals surface area contributed by atoms with Crippen LogP contribution in [0, 0.1) is 0 Å². The van der Waals surface area contributed by atoms with Crippen molar-refractivity contribution >= 4 is 17.7 Å². The summed E-state index contributed by atoms with van der Waals surface area (Å²) < 4.78 is 5.63. The minimum Gasteiger partial charge on any atom is -0.481 e. The number of rotatable bonds is 4. The molecule has 0 spiro atoms. The molecule has 1 rings (SSSR count). The van der Waals surface area contributed by atoms with Crippen molar-refractivity contribution in [1.82, 2.24) is 4.90 Å². The van der Waals surface area contributed by atoms with Crippen LogP contribution < -0.4 is 0 Å². The van der Waals surface area contributed by atoms with Gasteiger partial charge >= 0.3 is 5.97 Å². The molecule has 16 heavy (non-hydrogen) atoms. The molecular formula is C11H21NO3S. The molecule has 0 aromatic carbocycles. The van der Waals surface area contributed by atoms with Gasteiger partial charge in [0.1, 0.15) is 0 Å². The van der Waals surface area contributed by atoms with Crippen molar-refractivity contribution in [3.63, 3.8) is 0 Å². The van der Waals surface area contributed by atoms with Gasteiger partial charge in [-0.3, -0.25) is 9.69 Å². The van der Waals surface area contributed by atoms with Crippen LogP contribution in [0.5, 0.6) is 0 Å². The van der Waals surface area contributed by atoms with Gasteiger partial charge in [-0.2, -0.15) is 0 Å². The molecule has 1 saturated heterocycles. The van der Waals surface area contributed by atoms with Crippen molar-refractivity contribution < 1.29 is 14.6 Å². The molecule has 1 heterocycles. The number of hydrogen-bond acceptors (Lipinski definition) is 4. The fraction of sp³-hybridized carbons (Fsp3) is 0.909. The summed E-state index contributed by atoms with van der Waals surface area (Å²) in [5, 5.41) is 8.55. The Kier molecular flexibility index (Phi) is 5.08. The summed E-state index contributed by atoms with van der Waals surface area (Å²) in [5.74, 6) is 0.169. The first-order valence-corrected chi connectivity index (χ1v) is 6.71. The first-order valence-electron chi connectivity index (χ1n) is 5.56. The third-order valence-electron chi connectivity index (χ3n) is 2.62. The number of carboxylic acid groups (broad SMARTS) is 1. The van der Waals surface area contributed by atoms with Crippen molar-refractivity contribution in [2.24, 2.45) is 0 Å². The molecule has 1 aliphatic rings. The number of carbonyl (C=O) groups is 1. The fourth-order valence-corrected chi connectivity index (χ4v) is 2.46. The highest BCUT2D eigenvalue weighted by molar-refractivity contribution is 7.99. The molecule has 0 radical (unpaired) electrons. The van der Waals surface area contributed by atoms with Crippen LogP contribution in [0.4, 0.5) is 0 Å². The molecule has 0 saturated carbocycles. The van der Waals surface area contributed by atoms with Gasteiger partial charge in [0.2, 0.25) is 0 Å². The van der Waals surface area contributed by atoms with E-state index in [2.05, 4.69) is 25.7 Å². The molecule has 1 fully saturated rings. The monoisotopic (exact) mass is 247 g/mol. The van der Waals surface area contributed by atoms with Crippen LogP contribution in [0.1, 0.15) is 20.8 Å². The van der Waals surface area contributed by atoms with Crippen molar-refractivity contribution in [1.29, 1.82) is 0 Å². The second-order valence-electron chi connectivity index (χ2n) is 5.02. The topological polar surface area (TPSA) is 49.8 Å². The normalized spacial score (nSPS) is 23.3. The Morgan fingerprint density at radius 3 is 2.81 bits per heavy atom. The summed E-state index contributed by atoms with van der Waals surface area (Å²) in [4.78, 5) is 12.8. The number of nitrogens with zero attached hydrogens (tertiary/aromatic N) is 1. The Bertz CT molecular complexity index is 240. The summed E-state index contributed by atoms with van der Waals surface area (Å²) >= 11 is 1.43. The molecular weight excluding hydrogens is 226 g/mol. The van der Waals surface area contributed by atoms with Crippen molar-refractivity contribution in [2.45, 2.75) is 32.4 Å². The first-order chi connectivity index (χ1) is 7.39. The van der Waals surface area contributed by atoms with Gasteiger partial charge in [0.25, 0.3) is 0 Å². The average Bonchev–Trinajstić information content (AvgIpc) is 2.16. The molecule has 0 aromatic heterocycles. The van der Waals surface area contributed by atoms with Gasteiger partial charge in [0.15, 0.2) is 0 Å². The zero-order valence-corrected chi connectivity index (χ0v) is 11.0. The SMILES string of the molecule is CC(C)(C)N1CCOC(CSCC(=O)O)C1. The summed E-state index contributed by atoms with van der Waals surface area (Å²) in [6, 6.07) is 0. The fourth-order valence-electron chi connectivity index (χ4n) is 1.71. The molecule has 1 unspecified atom stereocenters. The van der Waals surface area contributed by atoms with Gasteiger partial charge < -0.3 is 9.84 Å². The quantitative estimate of drug-likeness (QED) is 0.811. The summed E-state index contributed by atoms with van der Waals surface area (Å²) in [6.07, 6.45) is 0.164. The van der Waals surface area contributed by atoms with Crippen LogP contribution in [0.3, 0.4) is 0 Å². The Labute approximate surface area is 101 Å². The molecule has 0 bridgehead atoms. The third-order valence-corrected chi connectivity index (χ3v) is 3.68. The maximum atomic E-state index is 10.4. The van der Waals surface area contributed by atoms with E-state index in [9.17, 15) is 4.79 Å². The van der Waals surface area contributed by atoms with E-state index in [1.165, 1.54) is 11.8 Å². The van der Waals surface area contributed by atoms with Gasteiger partial charge in [0.05, 0.1) is 18.5 Å². The molecule has 1 aliphatic heterocycles. The molecule has 5 heteroatoms. The van der Waals surface area contributed by atoms with E-state index in [1.807, 2.05) is 0 Å². The minimum absolute atomic E-state index is 0.162. The maximum Gasteiger partial charge on any atom is 0.313 e. The largest absolute Gasteiger partial charge is 0.481 e. The Morgan fingerprint density at radius 2 is 2.25 bits per heavy atom. The highest BCUT2D eigenvalue weighted by Crippen LogP contribution is 2.19. The molecule has 1 atom stereocenters. The molecule has 94 valence electrons. The van der Waals surface area contributed by atoms with E-state index in [-0.39, 0.29) is 17.4 Å². The number of morpholine rings is 1. The van der Waals surface area contributed by atoms with Gasteiger partial charge in [-0.1, -0.05) is 0 Å². The smallest absolute Gasteiger partial charge is 0.313 e. The number of ether oxygens (including phenoxy) is 1. The second-order valence-corrected chi connectivity index (χ2v) is 6.05. The highest BCUT2D eigenvalue weighted by atomic mass is 32.2. The molecule has 0 aliphatic carbocycles. The first kappa shape index (κ1) is 13.8. The lowest BCUT2D eigenvalue weighted by Crippen LogP contribution is -2.52. The predicted octanol–water partition coefficient (Wildman–Crippen LogP) is 1.30. The number of hydrogen-bond donors (Lipinski definition) is 1. The summed E-state index contributed by atoms with van der Waals surface area (Å²) in [5.41, 5.74) is 0.166.